The number of carboxylic acids is 1. The summed E-state index contributed by atoms with van der Waals surface area (Å²) in [5, 5.41) is 16.1. The van der Waals surface area contributed by atoms with Crippen LogP contribution in [0.15, 0.2) is 36.5 Å². The second-order valence-electron chi connectivity index (χ2n) is 4.11. The van der Waals surface area contributed by atoms with Crippen molar-refractivity contribution >= 4 is 22.7 Å². The number of H-pyrrole nitrogens is 1. The molecule has 0 bridgehead atoms. The number of carbonyl (C=O) groups is 1. The van der Waals surface area contributed by atoms with Gasteiger partial charge in [-0.15, -0.1) is 0 Å². The molecule has 0 aliphatic rings. The average Bonchev–Trinajstić information content (AvgIpc) is 2.82. The highest BCUT2D eigenvalue weighted by Gasteiger charge is 2.12. The molecule has 4 N–H and O–H groups in total. The number of aromatic nitrogens is 3. The SMILES string of the molecule is Nc1ccc(-c2ccc3c(C(=O)O)n[nH]c3c2)cn1. The molecule has 1 aromatic carbocycles. The lowest BCUT2D eigenvalue weighted by Gasteiger charge is -2.01. The molecule has 0 radical (unpaired) electrons. The van der Waals surface area contributed by atoms with Crippen LogP contribution < -0.4 is 5.73 Å². The number of nitrogens with one attached hydrogen (secondary N) is 1. The third-order valence-corrected chi connectivity index (χ3v) is 2.89. The topological polar surface area (TPSA) is 105 Å². The predicted octanol–water partition coefficient (Wildman–Crippen LogP) is 1.91. The minimum absolute atomic E-state index is 0.0250. The van der Waals surface area contributed by atoms with Crippen LogP contribution in [0, 0.1) is 0 Å². The minimum atomic E-state index is -1.05. The van der Waals surface area contributed by atoms with Crippen molar-refractivity contribution < 1.29 is 9.90 Å². The van der Waals surface area contributed by atoms with Gasteiger partial charge in [0.25, 0.3) is 0 Å². The number of hydrogen-bond donors (Lipinski definition) is 3. The summed E-state index contributed by atoms with van der Waals surface area (Å²) in [6, 6.07) is 8.97. The second-order valence-corrected chi connectivity index (χ2v) is 4.11. The Labute approximate surface area is 107 Å². The van der Waals surface area contributed by atoms with Crippen LogP contribution >= 0.6 is 0 Å². The molecule has 0 saturated carbocycles. The van der Waals surface area contributed by atoms with Gasteiger partial charge in [-0.1, -0.05) is 6.07 Å². The van der Waals surface area contributed by atoms with E-state index in [-0.39, 0.29) is 5.69 Å². The molecular weight excluding hydrogens is 244 g/mol. The van der Waals surface area contributed by atoms with Crippen LogP contribution in [0.25, 0.3) is 22.0 Å². The van der Waals surface area contributed by atoms with Gasteiger partial charge < -0.3 is 10.8 Å². The fourth-order valence-electron chi connectivity index (χ4n) is 1.94. The van der Waals surface area contributed by atoms with E-state index in [1.807, 2.05) is 18.2 Å². The monoisotopic (exact) mass is 254 g/mol. The molecule has 2 heterocycles. The van der Waals surface area contributed by atoms with Gasteiger partial charge in [-0.3, -0.25) is 5.10 Å². The highest BCUT2D eigenvalue weighted by molar-refractivity contribution is 6.01. The molecule has 94 valence electrons. The maximum Gasteiger partial charge on any atom is 0.357 e. The molecule has 19 heavy (non-hydrogen) atoms. The quantitative estimate of drug-likeness (QED) is 0.647. The number of anilines is 1. The number of hydrogen-bond acceptors (Lipinski definition) is 4. The Morgan fingerprint density at radius 2 is 2.00 bits per heavy atom. The van der Waals surface area contributed by atoms with Crippen molar-refractivity contribution in [2.24, 2.45) is 0 Å². The van der Waals surface area contributed by atoms with Gasteiger partial charge in [0.05, 0.1) is 5.52 Å². The summed E-state index contributed by atoms with van der Waals surface area (Å²) in [4.78, 5) is 15.0. The molecule has 6 heteroatoms. The molecule has 0 unspecified atom stereocenters. The number of benzene rings is 1. The molecule has 0 saturated heterocycles. The largest absolute Gasteiger partial charge is 0.476 e. The zero-order valence-corrected chi connectivity index (χ0v) is 9.79. The molecule has 0 fully saturated rings. The fourth-order valence-corrected chi connectivity index (χ4v) is 1.94. The Bertz CT molecular complexity index is 762. The van der Waals surface area contributed by atoms with Gasteiger partial charge in [-0.05, 0) is 29.8 Å². The molecule has 3 rings (SSSR count). The molecule has 2 aromatic heterocycles. The van der Waals surface area contributed by atoms with E-state index in [4.69, 9.17) is 10.8 Å². The molecule has 0 aliphatic carbocycles. The Balaban J connectivity index is 2.12. The van der Waals surface area contributed by atoms with Crippen molar-refractivity contribution in [1.29, 1.82) is 0 Å². The van der Waals surface area contributed by atoms with Crippen LogP contribution in [0.2, 0.25) is 0 Å². The van der Waals surface area contributed by atoms with Crippen molar-refractivity contribution in [3.05, 3.63) is 42.2 Å². The van der Waals surface area contributed by atoms with E-state index in [0.29, 0.717) is 16.7 Å². The maximum absolute atomic E-state index is 11.0. The van der Waals surface area contributed by atoms with Crippen LogP contribution in [-0.2, 0) is 0 Å². The Morgan fingerprint density at radius 3 is 2.68 bits per heavy atom. The first kappa shape index (κ1) is 11.2. The molecular formula is C13H10N4O2. The van der Waals surface area contributed by atoms with Gasteiger partial charge in [0.15, 0.2) is 5.69 Å². The Hall–Kier alpha value is -2.89. The van der Waals surface area contributed by atoms with Crippen molar-refractivity contribution in [2.75, 3.05) is 5.73 Å². The van der Waals surface area contributed by atoms with E-state index < -0.39 is 5.97 Å². The van der Waals surface area contributed by atoms with Gasteiger partial charge >= 0.3 is 5.97 Å². The number of fused-ring (bicyclic) bond motifs is 1. The minimum Gasteiger partial charge on any atom is -0.476 e. The lowest BCUT2D eigenvalue weighted by atomic mass is 10.1. The third-order valence-electron chi connectivity index (χ3n) is 2.89. The van der Waals surface area contributed by atoms with E-state index >= 15 is 0 Å². The number of nitrogen functional groups attached to an aromatic ring is 1. The Kier molecular flexibility index (Phi) is 2.42. The van der Waals surface area contributed by atoms with Gasteiger partial charge in [0, 0.05) is 17.1 Å². The van der Waals surface area contributed by atoms with E-state index in [0.717, 1.165) is 11.1 Å². The average molecular weight is 254 g/mol. The highest BCUT2D eigenvalue weighted by Crippen LogP contribution is 2.24. The van der Waals surface area contributed by atoms with Gasteiger partial charge in [0.2, 0.25) is 0 Å². The van der Waals surface area contributed by atoms with Crippen LogP contribution in [0.4, 0.5) is 5.82 Å². The fraction of sp³-hybridized carbons (Fsp3) is 0. The lowest BCUT2D eigenvalue weighted by molar-refractivity contribution is 0.0692. The molecule has 3 aromatic rings. The summed E-state index contributed by atoms with van der Waals surface area (Å²) >= 11 is 0. The van der Waals surface area contributed by atoms with Gasteiger partial charge in [-0.25, -0.2) is 9.78 Å². The number of rotatable bonds is 2. The zero-order valence-electron chi connectivity index (χ0n) is 9.79. The zero-order chi connectivity index (χ0) is 13.4. The first-order chi connectivity index (χ1) is 9.15. The predicted molar refractivity (Wildman–Crippen MR) is 70.7 cm³/mol. The van der Waals surface area contributed by atoms with Crippen LogP contribution in [0.3, 0.4) is 0 Å². The van der Waals surface area contributed by atoms with E-state index in [1.54, 1.807) is 18.3 Å². The van der Waals surface area contributed by atoms with Gasteiger partial charge in [0.1, 0.15) is 5.82 Å². The summed E-state index contributed by atoms with van der Waals surface area (Å²) in [5.41, 5.74) is 8.06. The van der Waals surface area contributed by atoms with E-state index in [1.165, 1.54) is 0 Å². The number of aromatic carboxylic acids is 1. The lowest BCUT2D eigenvalue weighted by Crippen LogP contribution is -1.96. The maximum atomic E-state index is 11.0. The van der Waals surface area contributed by atoms with Crippen LogP contribution in [0.5, 0.6) is 0 Å². The number of nitrogens with two attached hydrogens (primary N) is 1. The van der Waals surface area contributed by atoms with E-state index in [2.05, 4.69) is 15.2 Å². The summed E-state index contributed by atoms with van der Waals surface area (Å²) in [7, 11) is 0. The second kappa shape index (κ2) is 4.09. The smallest absolute Gasteiger partial charge is 0.357 e. The number of pyridine rings is 1. The third kappa shape index (κ3) is 1.89. The molecule has 0 spiro atoms. The summed E-state index contributed by atoms with van der Waals surface area (Å²) in [6.07, 6.45) is 1.67. The van der Waals surface area contributed by atoms with Crippen molar-refractivity contribution in [1.82, 2.24) is 15.2 Å². The van der Waals surface area contributed by atoms with Crippen LogP contribution in [-0.4, -0.2) is 26.3 Å². The number of nitrogens with zero attached hydrogens (tertiary/aromatic N) is 2. The molecule has 6 nitrogen and oxygen atoms in total. The van der Waals surface area contributed by atoms with Crippen molar-refractivity contribution in [3.63, 3.8) is 0 Å². The first-order valence-corrected chi connectivity index (χ1v) is 5.58. The number of aromatic amines is 1. The van der Waals surface area contributed by atoms with Gasteiger partial charge in [-0.2, -0.15) is 5.10 Å². The number of carboxylic acid groups (broad SMARTS) is 1. The summed E-state index contributed by atoms with van der Waals surface area (Å²) < 4.78 is 0. The molecule has 0 atom stereocenters. The van der Waals surface area contributed by atoms with Crippen molar-refractivity contribution in [2.45, 2.75) is 0 Å². The Morgan fingerprint density at radius 1 is 1.21 bits per heavy atom. The van der Waals surface area contributed by atoms with Crippen molar-refractivity contribution in [3.8, 4) is 11.1 Å². The highest BCUT2D eigenvalue weighted by atomic mass is 16.4. The van der Waals surface area contributed by atoms with E-state index in [9.17, 15) is 4.79 Å². The molecule has 0 aliphatic heterocycles. The van der Waals surface area contributed by atoms with Crippen LogP contribution in [0.1, 0.15) is 10.5 Å². The summed E-state index contributed by atoms with van der Waals surface area (Å²) in [5.74, 6) is -0.590. The standard InChI is InChI=1S/C13H10N4O2/c14-11-4-2-8(6-15-11)7-1-3-9-10(5-7)16-17-12(9)13(18)19/h1-6H,(H2,14,15)(H,16,17)(H,18,19). The summed E-state index contributed by atoms with van der Waals surface area (Å²) in [6.45, 7) is 0. The molecule has 0 amide bonds. The first-order valence-electron chi connectivity index (χ1n) is 5.58. The normalized spacial score (nSPS) is 10.7.